The SMILES string of the molecule is c1cc2ccc3ccc(-c4ccc(-c5ccc6c(c5)C5(c7cc(-c8ccc(-c9ccc%10ccc%11cccc%12ccc9c%10c%11%12)cc8)ccc7-6)c6cc(-c7ccc(-c8ccc9ccc%10cccc%11ccc8c9c%10%11)cc7)ccc6-c6ccc(-c7ccc(-c8ccc9ccc%10cccc%11ccc8c9c%10%11)cc7)cc65)cc4)c4ccc(c1)c2c34. The number of fused-ring (bicyclic) bond motifs is 10. The second-order valence-electron chi connectivity index (χ2n) is 32.0. The van der Waals surface area contributed by atoms with Crippen LogP contribution in [0, 0.1) is 0 Å². The van der Waals surface area contributed by atoms with Gasteiger partial charge in [0.05, 0.1) is 5.41 Å². The molecular weight excluding hydrogens is 1360 g/mol. The summed E-state index contributed by atoms with van der Waals surface area (Å²) in [6.07, 6.45) is 0. The maximum absolute atomic E-state index is 2.57. The van der Waals surface area contributed by atoms with Gasteiger partial charge in [0.15, 0.2) is 0 Å². The lowest BCUT2D eigenvalue weighted by Crippen LogP contribution is -2.26. The zero-order valence-electron chi connectivity index (χ0n) is 61.5. The van der Waals surface area contributed by atoms with Crippen LogP contribution < -0.4 is 0 Å². The average molecular weight is 1420 g/mol. The highest BCUT2D eigenvalue weighted by Crippen LogP contribution is 2.65. The Hall–Kier alpha value is -14.6. The van der Waals surface area contributed by atoms with Gasteiger partial charge in [0.2, 0.25) is 0 Å². The summed E-state index contributed by atoms with van der Waals surface area (Å²) in [5.74, 6) is 0. The summed E-state index contributed by atoms with van der Waals surface area (Å²) < 4.78 is 0. The molecule has 0 nitrogen and oxygen atoms in total. The Kier molecular flexibility index (Phi) is 12.4. The van der Waals surface area contributed by atoms with Crippen LogP contribution in [0.2, 0.25) is 0 Å². The molecule has 2 aliphatic rings. The van der Waals surface area contributed by atoms with Crippen molar-refractivity contribution >= 4 is 129 Å². The van der Waals surface area contributed by atoms with E-state index in [-0.39, 0.29) is 0 Å². The first-order valence-electron chi connectivity index (χ1n) is 39.6. The molecule has 113 heavy (non-hydrogen) atoms. The molecule has 516 valence electrons. The molecule has 24 aromatic rings. The summed E-state index contributed by atoms with van der Waals surface area (Å²) in [5.41, 5.74) is 28.8. The molecule has 24 aromatic carbocycles. The lowest BCUT2D eigenvalue weighted by molar-refractivity contribution is 0.795. The first-order chi connectivity index (χ1) is 55.9. The fraction of sp³-hybridized carbons (Fsp3) is 0.00885. The number of hydrogen-bond donors (Lipinski definition) is 0. The van der Waals surface area contributed by atoms with Crippen LogP contribution in [0.25, 0.3) is 241 Å². The summed E-state index contributed by atoms with van der Waals surface area (Å²) in [6.45, 7) is 0. The monoisotopic (exact) mass is 1420 g/mol. The second kappa shape index (κ2) is 22.8. The van der Waals surface area contributed by atoms with E-state index in [2.05, 4.69) is 388 Å². The van der Waals surface area contributed by atoms with Gasteiger partial charge >= 0.3 is 0 Å². The Balaban J connectivity index is 0.658. The summed E-state index contributed by atoms with van der Waals surface area (Å²) in [4.78, 5) is 0. The van der Waals surface area contributed by atoms with Crippen molar-refractivity contribution in [3.8, 4) is 111 Å². The lowest BCUT2D eigenvalue weighted by Gasteiger charge is -2.32. The van der Waals surface area contributed by atoms with E-state index in [0.717, 1.165) is 0 Å². The molecule has 0 bridgehead atoms. The van der Waals surface area contributed by atoms with E-state index in [1.54, 1.807) is 0 Å². The van der Waals surface area contributed by atoms with Crippen molar-refractivity contribution in [2.45, 2.75) is 5.41 Å². The summed E-state index contributed by atoms with van der Waals surface area (Å²) in [5, 5.41) is 31.2. The van der Waals surface area contributed by atoms with Gasteiger partial charge in [-0.2, -0.15) is 0 Å². The molecule has 0 aromatic heterocycles. The topological polar surface area (TPSA) is 0 Å². The van der Waals surface area contributed by atoms with Crippen molar-refractivity contribution in [1.29, 1.82) is 0 Å². The maximum Gasteiger partial charge on any atom is 0.0726 e. The molecule has 0 N–H and O–H groups in total. The first kappa shape index (κ1) is 61.3. The van der Waals surface area contributed by atoms with Crippen molar-refractivity contribution in [2.24, 2.45) is 0 Å². The van der Waals surface area contributed by atoms with Gasteiger partial charge in [-0.05, 0) is 287 Å². The highest BCUT2D eigenvalue weighted by Gasteiger charge is 2.52. The molecule has 0 unspecified atom stereocenters. The van der Waals surface area contributed by atoms with Crippen molar-refractivity contribution in [1.82, 2.24) is 0 Å². The minimum atomic E-state index is -0.750. The summed E-state index contributed by atoms with van der Waals surface area (Å²) in [6, 6.07) is 149. The highest BCUT2D eigenvalue weighted by atomic mass is 14.5. The van der Waals surface area contributed by atoms with E-state index in [1.807, 2.05) is 0 Å². The second-order valence-corrected chi connectivity index (χ2v) is 32.0. The standard InChI is InChI=1S/C113H64/c1-5-73-29-33-81-37-49-89(97-57-41-77(9-1)105(73)109(81)97)69-21-13-65(14-22-69)85-45-53-93-94-54-46-86(66-15-23-70(24-16-66)90-50-38-82-34-30-74-6-2-10-78-42-58-98(90)110(82)106(74)78)62-102(94)113(101(93)61-85)103-63-87(67-17-25-71(26-18-67)91-51-39-83-35-31-75-7-3-11-79-43-59-99(91)111(83)107(75)79)47-55-95(103)96-56-48-88(64-104(96)113)68-19-27-72(28-20-68)92-52-40-84-36-32-76-8-4-12-80-44-60-100(92)112(84)108(76)80/h1-64H. The van der Waals surface area contributed by atoms with E-state index in [0.29, 0.717) is 0 Å². The number of benzene rings is 24. The molecular formula is C113H64. The van der Waals surface area contributed by atoms with Crippen molar-refractivity contribution in [3.63, 3.8) is 0 Å². The number of hydrogen-bond acceptors (Lipinski definition) is 0. The minimum Gasteiger partial charge on any atom is -0.0610 e. The number of rotatable bonds is 8. The van der Waals surface area contributed by atoms with Crippen LogP contribution in [0.3, 0.4) is 0 Å². The molecule has 0 heteroatoms. The quantitative estimate of drug-likeness (QED) is 0.133. The normalized spacial score (nSPS) is 13.0. The lowest BCUT2D eigenvalue weighted by atomic mass is 9.69. The van der Waals surface area contributed by atoms with Crippen molar-refractivity contribution < 1.29 is 0 Å². The Bertz CT molecular complexity index is 7140. The van der Waals surface area contributed by atoms with Crippen LogP contribution in [-0.4, -0.2) is 0 Å². The Morgan fingerprint density at radius 2 is 0.274 bits per heavy atom. The van der Waals surface area contributed by atoms with Gasteiger partial charge in [-0.25, -0.2) is 0 Å². The maximum atomic E-state index is 2.57. The predicted octanol–water partition coefficient (Wildman–Crippen LogP) is 31.0. The van der Waals surface area contributed by atoms with Gasteiger partial charge in [-0.15, -0.1) is 0 Å². The molecule has 0 saturated heterocycles. The molecule has 0 atom stereocenters. The van der Waals surface area contributed by atoms with Gasteiger partial charge in [-0.1, -0.05) is 364 Å². The van der Waals surface area contributed by atoms with Crippen LogP contribution in [-0.2, 0) is 5.41 Å². The minimum absolute atomic E-state index is 0.750. The fourth-order valence-corrected chi connectivity index (χ4v) is 21.3. The average Bonchev–Trinajstić information content (AvgIpc) is 1.50. The van der Waals surface area contributed by atoms with Crippen LogP contribution >= 0.6 is 0 Å². The van der Waals surface area contributed by atoms with Crippen LogP contribution in [0.4, 0.5) is 0 Å². The van der Waals surface area contributed by atoms with Gasteiger partial charge in [0.25, 0.3) is 0 Å². The van der Waals surface area contributed by atoms with Gasteiger partial charge in [-0.3, -0.25) is 0 Å². The van der Waals surface area contributed by atoms with Crippen molar-refractivity contribution in [2.75, 3.05) is 0 Å². The fourth-order valence-electron chi connectivity index (χ4n) is 21.3. The van der Waals surface area contributed by atoms with Gasteiger partial charge < -0.3 is 0 Å². The third-order valence-electron chi connectivity index (χ3n) is 26.5. The Morgan fingerprint density at radius 3 is 0.487 bits per heavy atom. The van der Waals surface area contributed by atoms with Gasteiger partial charge in [0, 0.05) is 0 Å². The third kappa shape index (κ3) is 8.59. The van der Waals surface area contributed by atoms with Crippen LogP contribution in [0.1, 0.15) is 22.3 Å². The predicted molar refractivity (Wildman–Crippen MR) is 481 cm³/mol. The molecule has 0 radical (unpaired) electrons. The molecule has 0 fully saturated rings. The molecule has 0 aliphatic heterocycles. The molecule has 1 spiro atoms. The molecule has 2 aliphatic carbocycles. The third-order valence-corrected chi connectivity index (χ3v) is 26.5. The summed E-state index contributed by atoms with van der Waals surface area (Å²) in [7, 11) is 0. The van der Waals surface area contributed by atoms with E-state index >= 15 is 0 Å². The van der Waals surface area contributed by atoms with E-state index in [4.69, 9.17) is 0 Å². The zero-order valence-corrected chi connectivity index (χ0v) is 61.5. The van der Waals surface area contributed by atoms with Crippen LogP contribution in [0.5, 0.6) is 0 Å². The smallest absolute Gasteiger partial charge is 0.0610 e. The van der Waals surface area contributed by atoms with Crippen molar-refractivity contribution in [3.05, 3.63) is 411 Å². The van der Waals surface area contributed by atoms with E-state index < -0.39 is 5.41 Å². The Labute approximate surface area is 652 Å². The van der Waals surface area contributed by atoms with E-state index in [1.165, 1.54) is 263 Å². The molecule has 0 heterocycles. The molecule has 0 amide bonds. The largest absolute Gasteiger partial charge is 0.0726 e. The van der Waals surface area contributed by atoms with Gasteiger partial charge in [0.1, 0.15) is 0 Å². The van der Waals surface area contributed by atoms with E-state index in [9.17, 15) is 0 Å². The molecule has 26 rings (SSSR count). The zero-order chi connectivity index (χ0) is 73.5. The first-order valence-corrected chi connectivity index (χ1v) is 39.6. The molecule has 0 saturated carbocycles. The van der Waals surface area contributed by atoms with Crippen LogP contribution in [0.15, 0.2) is 388 Å². The summed E-state index contributed by atoms with van der Waals surface area (Å²) >= 11 is 0. The highest BCUT2D eigenvalue weighted by molar-refractivity contribution is 6.29. The Morgan fingerprint density at radius 1 is 0.115 bits per heavy atom.